The van der Waals surface area contributed by atoms with E-state index in [2.05, 4.69) is 5.32 Å². The standard InChI is InChI=1S/C11H14ClNO3/c1-15-10-5-7(4-9(14)11(10)12)8-6-16-3-2-13-8/h4-5,8,13-14H,2-3,6H2,1H3. The van der Waals surface area contributed by atoms with Gasteiger partial charge >= 0.3 is 0 Å². The van der Waals surface area contributed by atoms with E-state index < -0.39 is 0 Å². The Labute approximate surface area is 99.1 Å². The summed E-state index contributed by atoms with van der Waals surface area (Å²) >= 11 is 5.88. The van der Waals surface area contributed by atoms with E-state index in [9.17, 15) is 5.11 Å². The molecule has 1 aliphatic heterocycles. The second-order valence-electron chi connectivity index (χ2n) is 3.64. The molecular formula is C11H14ClNO3. The van der Waals surface area contributed by atoms with E-state index in [1.54, 1.807) is 6.07 Å². The van der Waals surface area contributed by atoms with Crippen molar-refractivity contribution in [2.45, 2.75) is 6.04 Å². The third-order valence-corrected chi connectivity index (χ3v) is 2.97. The van der Waals surface area contributed by atoms with Gasteiger partial charge in [0, 0.05) is 6.54 Å². The van der Waals surface area contributed by atoms with Crippen molar-refractivity contribution < 1.29 is 14.6 Å². The molecule has 1 fully saturated rings. The number of ether oxygens (including phenoxy) is 2. The predicted octanol–water partition coefficient (Wildman–Crippen LogP) is 1.72. The largest absolute Gasteiger partial charge is 0.506 e. The summed E-state index contributed by atoms with van der Waals surface area (Å²) in [5, 5.41) is 13.2. The topological polar surface area (TPSA) is 50.7 Å². The molecule has 0 aromatic heterocycles. The SMILES string of the molecule is COc1cc(C2COCCN2)cc(O)c1Cl. The minimum absolute atomic E-state index is 0.0309. The summed E-state index contributed by atoms with van der Waals surface area (Å²) in [6.45, 7) is 2.10. The number of morpholine rings is 1. The Hall–Kier alpha value is -0.970. The predicted molar refractivity (Wildman–Crippen MR) is 61.2 cm³/mol. The fraction of sp³-hybridized carbons (Fsp3) is 0.455. The molecule has 1 aliphatic rings. The van der Waals surface area contributed by atoms with E-state index >= 15 is 0 Å². The summed E-state index contributed by atoms with van der Waals surface area (Å²) in [7, 11) is 1.52. The van der Waals surface area contributed by atoms with Gasteiger partial charge in [0.05, 0.1) is 26.4 Å². The summed E-state index contributed by atoms with van der Waals surface area (Å²) < 4.78 is 10.5. The van der Waals surface area contributed by atoms with Gasteiger partial charge in [-0.05, 0) is 17.7 Å². The van der Waals surface area contributed by atoms with Crippen LogP contribution in [0.25, 0.3) is 0 Å². The lowest BCUT2D eigenvalue weighted by Gasteiger charge is -2.24. The molecule has 2 rings (SSSR count). The van der Waals surface area contributed by atoms with E-state index in [0.717, 1.165) is 12.1 Å². The molecule has 0 radical (unpaired) electrons. The number of halogens is 1. The van der Waals surface area contributed by atoms with Crippen molar-refractivity contribution in [2.75, 3.05) is 26.9 Å². The molecule has 0 bridgehead atoms. The lowest BCUT2D eigenvalue weighted by Crippen LogP contribution is -2.34. The van der Waals surface area contributed by atoms with Crippen LogP contribution < -0.4 is 10.1 Å². The third-order valence-electron chi connectivity index (χ3n) is 2.59. The first-order valence-electron chi connectivity index (χ1n) is 5.10. The van der Waals surface area contributed by atoms with E-state index in [1.165, 1.54) is 7.11 Å². The summed E-state index contributed by atoms with van der Waals surface area (Å²) in [6.07, 6.45) is 0. The Morgan fingerprint density at radius 1 is 1.56 bits per heavy atom. The molecule has 0 amide bonds. The molecule has 1 aromatic rings. The van der Waals surface area contributed by atoms with Gasteiger partial charge in [-0.1, -0.05) is 11.6 Å². The zero-order valence-electron chi connectivity index (χ0n) is 9.00. The first-order valence-corrected chi connectivity index (χ1v) is 5.47. The van der Waals surface area contributed by atoms with Crippen LogP contribution in [0.15, 0.2) is 12.1 Å². The maximum atomic E-state index is 9.66. The highest BCUT2D eigenvalue weighted by Crippen LogP contribution is 2.36. The van der Waals surface area contributed by atoms with Gasteiger partial charge in [-0.25, -0.2) is 0 Å². The van der Waals surface area contributed by atoms with Crippen LogP contribution in [0.5, 0.6) is 11.5 Å². The molecule has 0 spiro atoms. The smallest absolute Gasteiger partial charge is 0.141 e. The summed E-state index contributed by atoms with van der Waals surface area (Å²) in [5.74, 6) is 0.507. The van der Waals surface area contributed by atoms with Crippen LogP contribution in [0.1, 0.15) is 11.6 Å². The van der Waals surface area contributed by atoms with Crippen molar-refractivity contribution in [1.82, 2.24) is 5.32 Å². The van der Waals surface area contributed by atoms with Crippen molar-refractivity contribution in [3.63, 3.8) is 0 Å². The molecule has 1 aromatic carbocycles. The lowest BCUT2D eigenvalue weighted by atomic mass is 10.1. The second-order valence-corrected chi connectivity index (χ2v) is 4.02. The number of methoxy groups -OCH3 is 1. The van der Waals surface area contributed by atoms with Crippen molar-refractivity contribution in [1.29, 1.82) is 0 Å². The minimum Gasteiger partial charge on any atom is -0.506 e. The third kappa shape index (κ3) is 2.24. The molecule has 1 saturated heterocycles. The molecule has 1 atom stereocenters. The van der Waals surface area contributed by atoms with E-state index in [4.69, 9.17) is 21.1 Å². The molecule has 1 heterocycles. The van der Waals surface area contributed by atoms with Crippen LogP contribution in [0, 0.1) is 0 Å². The maximum Gasteiger partial charge on any atom is 0.141 e. The summed E-state index contributed by atoms with van der Waals surface area (Å²) in [5.41, 5.74) is 0.915. The number of nitrogens with one attached hydrogen (secondary N) is 1. The number of phenols is 1. The molecule has 1 unspecified atom stereocenters. The first-order chi connectivity index (χ1) is 7.72. The first kappa shape index (κ1) is 11.5. The van der Waals surface area contributed by atoms with Gasteiger partial charge in [0.2, 0.25) is 0 Å². The van der Waals surface area contributed by atoms with Crippen LogP contribution in [-0.2, 0) is 4.74 Å². The van der Waals surface area contributed by atoms with Crippen LogP contribution in [0.4, 0.5) is 0 Å². The molecule has 4 nitrogen and oxygen atoms in total. The van der Waals surface area contributed by atoms with Crippen LogP contribution in [0.3, 0.4) is 0 Å². The van der Waals surface area contributed by atoms with Gasteiger partial charge in [-0.2, -0.15) is 0 Å². The van der Waals surface area contributed by atoms with Gasteiger partial charge in [-0.15, -0.1) is 0 Å². The Bertz CT molecular complexity index is 378. The number of hydrogen-bond acceptors (Lipinski definition) is 4. The number of aromatic hydroxyl groups is 1. The zero-order chi connectivity index (χ0) is 11.5. The highest BCUT2D eigenvalue weighted by atomic mass is 35.5. The van der Waals surface area contributed by atoms with Gasteiger partial charge in [-0.3, -0.25) is 0 Å². The fourth-order valence-electron chi connectivity index (χ4n) is 1.73. The van der Waals surface area contributed by atoms with Crippen molar-refractivity contribution in [2.24, 2.45) is 0 Å². The van der Waals surface area contributed by atoms with Crippen LogP contribution >= 0.6 is 11.6 Å². The second kappa shape index (κ2) is 4.91. The number of rotatable bonds is 2. The Kier molecular flexibility index (Phi) is 3.53. The highest BCUT2D eigenvalue weighted by Gasteiger charge is 2.18. The number of benzene rings is 1. The summed E-state index contributed by atoms with van der Waals surface area (Å²) in [6, 6.07) is 3.52. The molecule has 2 N–H and O–H groups in total. The molecule has 16 heavy (non-hydrogen) atoms. The van der Waals surface area contributed by atoms with Gasteiger partial charge in [0.15, 0.2) is 0 Å². The lowest BCUT2D eigenvalue weighted by molar-refractivity contribution is 0.0767. The monoisotopic (exact) mass is 243 g/mol. The van der Waals surface area contributed by atoms with Gasteiger partial charge in [0.25, 0.3) is 0 Å². The van der Waals surface area contributed by atoms with Crippen molar-refractivity contribution in [3.05, 3.63) is 22.7 Å². The average Bonchev–Trinajstić information content (AvgIpc) is 2.33. The Morgan fingerprint density at radius 3 is 3.00 bits per heavy atom. The van der Waals surface area contributed by atoms with E-state index in [0.29, 0.717) is 19.0 Å². The summed E-state index contributed by atoms with van der Waals surface area (Å²) in [4.78, 5) is 0. The zero-order valence-corrected chi connectivity index (χ0v) is 9.75. The molecule has 0 aliphatic carbocycles. The van der Waals surface area contributed by atoms with Crippen molar-refractivity contribution >= 4 is 11.6 Å². The fourth-order valence-corrected chi connectivity index (χ4v) is 1.92. The normalized spacial score (nSPS) is 20.8. The van der Waals surface area contributed by atoms with E-state index in [-0.39, 0.29) is 16.8 Å². The number of phenolic OH excluding ortho intramolecular Hbond substituents is 1. The maximum absolute atomic E-state index is 9.66. The minimum atomic E-state index is 0.0309. The number of hydrogen-bond donors (Lipinski definition) is 2. The quantitative estimate of drug-likeness (QED) is 0.831. The molecule has 0 saturated carbocycles. The molecule has 5 heteroatoms. The highest BCUT2D eigenvalue weighted by molar-refractivity contribution is 6.33. The Balaban J connectivity index is 2.29. The molecule has 88 valence electrons. The Morgan fingerprint density at radius 2 is 2.38 bits per heavy atom. The van der Waals surface area contributed by atoms with Crippen LogP contribution in [0.2, 0.25) is 5.02 Å². The molecular weight excluding hydrogens is 230 g/mol. The average molecular weight is 244 g/mol. The van der Waals surface area contributed by atoms with Gasteiger partial charge < -0.3 is 19.9 Å². The van der Waals surface area contributed by atoms with E-state index in [1.807, 2.05) is 6.07 Å². The van der Waals surface area contributed by atoms with Crippen molar-refractivity contribution in [3.8, 4) is 11.5 Å². The van der Waals surface area contributed by atoms with Crippen LogP contribution in [-0.4, -0.2) is 32.0 Å². The van der Waals surface area contributed by atoms with Gasteiger partial charge in [0.1, 0.15) is 16.5 Å².